The molecule has 0 radical (unpaired) electrons. The third-order valence-electron chi connectivity index (χ3n) is 5.17. The van der Waals surface area contributed by atoms with Gasteiger partial charge in [0.25, 0.3) is 0 Å². The van der Waals surface area contributed by atoms with Crippen LogP contribution in [-0.4, -0.2) is 45.4 Å². The molecule has 2 aromatic carbocycles. The number of fused-ring (bicyclic) bond motifs is 1. The van der Waals surface area contributed by atoms with Crippen molar-refractivity contribution in [3.05, 3.63) is 78.0 Å². The molecule has 0 aliphatic carbocycles. The minimum absolute atomic E-state index is 0.0282. The normalized spacial score (nSPS) is 24.0. The number of benzene rings is 2. The predicted octanol–water partition coefficient (Wildman–Crippen LogP) is 2.56. The van der Waals surface area contributed by atoms with Crippen LogP contribution in [0.1, 0.15) is 17.0 Å². The zero-order valence-electron chi connectivity index (χ0n) is 14.0. The fraction of sp³-hybridized carbons (Fsp3) is 0.286. The molecule has 2 heterocycles. The molecule has 3 atom stereocenters. The van der Waals surface area contributed by atoms with Crippen LogP contribution in [0.5, 0.6) is 0 Å². The third kappa shape index (κ3) is 3.16. The zero-order valence-corrected chi connectivity index (χ0v) is 14.0. The first-order valence-electron chi connectivity index (χ1n) is 8.68. The molecule has 4 heteroatoms. The van der Waals surface area contributed by atoms with Gasteiger partial charge in [-0.1, -0.05) is 42.5 Å². The van der Waals surface area contributed by atoms with E-state index in [0.29, 0.717) is 6.54 Å². The second kappa shape index (κ2) is 6.92. The van der Waals surface area contributed by atoms with E-state index in [1.807, 2.05) is 42.5 Å². The van der Waals surface area contributed by atoms with Crippen molar-refractivity contribution in [1.29, 1.82) is 0 Å². The van der Waals surface area contributed by atoms with E-state index in [-0.39, 0.29) is 18.6 Å². The monoisotopic (exact) mass is 334 g/mol. The highest BCUT2D eigenvalue weighted by molar-refractivity contribution is 5.78. The Morgan fingerprint density at radius 1 is 1.04 bits per heavy atom. The molecule has 1 fully saturated rings. The van der Waals surface area contributed by atoms with E-state index in [9.17, 15) is 10.2 Å². The summed E-state index contributed by atoms with van der Waals surface area (Å²) in [6.45, 7) is 1.40. The largest absolute Gasteiger partial charge is 0.395 e. The topological polar surface area (TPSA) is 56.6 Å². The maximum absolute atomic E-state index is 10.7. The lowest BCUT2D eigenvalue weighted by Crippen LogP contribution is -2.38. The number of aliphatic hydroxyl groups is 2. The van der Waals surface area contributed by atoms with Crippen LogP contribution in [0.2, 0.25) is 0 Å². The molecular formula is C21H22N2O2. The van der Waals surface area contributed by atoms with Crippen LogP contribution < -0.4 is 0 Å². The van der Waals surface area contributed by atoms with Gasteiger partial charge in [0.1, 0.15) is 0 Å². The Balaban J connectivity index is 1.58. The van der Waals surface area contributed by atoms with Gasteiger partial charge in [0.15, 0.2) is 0 Å². The molecule has 128 valence electrons. The fourth-order valence-corrected chi connectivity index (χ4v) is 3.85. The summed E-state index contributed by atoms with van der Waals surface area (Å²) >= 11 is 0. The molecule has 3 aromatic rings. The molecule has 1 aliphatic heterocycles. The SMILES string of the molecule is OC[C@@H]1[C@H](O)[C@@H](c2ccccc2)CN1Cc1ccc2ncccc2c1. The number of likely N-dealkylation sites (tertiary alicyclic amines) is 1. The number of aliphatic hydroxyl groups excluding tert-OH is 2. The van der Waals surface area contributed by atoms with Crippen molar-refractivity contribution in [3.63, 3.8) is 0 Å². The lowest BCUT2D eigenvalue weighted by Gasteiger charge is -2.24. The number of rotatable bonds is 4. The fourth-order valence-electron chi connectivity index (χ4n) is 3.85. The minimum Gasteiger partial charge on any atom is -0.395 e. The molecule has 2 N–H and O–H groups in total. The molecule has 4 rings (SSSR count). The number of nitrogens with zero attached hydrogens (tertiary/aromatic N) is 2. The summed E-state index contributed by atoms with van der Waals surface area (Å²) in [6.07, 6.45) is 1.24. The molecular weight excluding hydrogens is 312 g/mol. The van der Waals surface area contributed by atoms with Gasteiger partial charge in [-0.25, -0.2) is 0 Å². The average molecular weight is 334 g/mol. The van der Waals surface area contributed by atoms with Crippen LogP contribution in [0.3, 0.4) is 0 Å². The maximum Gasteiger partial charge on any atom is 0.0798 e. The Bertz CT molecular complexity index is 853. The van der Waals surface area contributed by atoms with E-state index >= 15 is 0 Å². The van der Waals surface area contributed by atoms with Gasteiger partial charge in [0, 0.05) is 30.6 Å². The van der Waals surface area contributed by atoms with Gasteiger partial charge in [-0.2, -0.15) is 0 Å². The molecule has 0 amide bonds. The highest BCUT2D eigenvalue weighted by Gasteiger charge is 2.40. The second-order valence-corrected chi connectivity index (χ2v) is 6.72. The van der Waals surface area contributed by atoms with Crippen LogP contribution in [-0.2, 0) is 6.54 Å². The molecule has 0 unspecified atom stereocenters. The van der Waals surface area contributed by atoms with Gasteiger partial charge in [0.2, 0.25) is 0 Å². The molecule has 1 aromatic heterocycles. The molecule has 0 bridgehead atoms. The quantitative estimate of drug-likeness (QED) is 0.770. The summed E-state index contributed by atoms with van der Waals surface area (Å²) in [5.41, 5.74) is 3.27. The van der Waals surface area contributed by atoms with Gasteiger partial charge >= 0.3 is 0 Å². The highest BCUT2D eigenvalue weighted by Crippen LogP contribution is 2.33. The van der Waals surface area contributed by atoms with E-state index in [1.165, 1.54) is 5.56 Å². The van der Waals surface area contributed by atoms with Gasteiger partial charge in [-0.15, -0.1) is 0 Å². The molecule has 25 heavy (non-hydrogen) atoms. The Hall–Kier alpha value is -2.27. The highest BCUT2D eigenvalue weighted by atomic mass is 16.3. The number of pyridine rings is 1. The summed E-state index contributed by atoms with van der Waals surface area (Å²) in [6, 6.07) is 20.1. The summed E-state index contributed by atoms with van der Waals surface area (Å²) in [5.74, 6) is 0.0282. The van der Waals surface area contributed by atoms with E-state index in [1.54, 1.807) is 6.20 Å². The predicted molar refractivity (Wildman–Crippen MR) is 98.2 cm³/mol. The molecule has 4 nitrogen and oxygen atoms in total. The summed E-state index contributed by atoms with van der Waals surface area (Å²) in [5, 5.41) is 21.6. The van der Waals surface area contributed by atoms with E-state index in [2.05, 4.69) is 28.1 Å². The summed E-state index contributed by atoms with van der Waals surface area (Å²) in [7, 11) is 0. The van der Waals surface area contributed by atoms with Crippen LogP contribution in [0.4, 0.5) is 0 Å². The van der Waals surface area contributed by atoms with Gasteiger partial charge < -0.3 is 10.2 Å². The van der Waals surface area contributed by atoms with Crippen LogP contribution >= 0.6 is 0 Å². The van der Waals surface area contributed by atoms with Gasteiger partial charge in [-0.3, -0.25) is 9.88 Å². The second-order valence-electron chi connectivity index (χ2n) is 6.72. The van der Waals surface area contributed by atoms with Crippen molar-refractivity contribution in [1.82, 2.24) is 9.88 Å². The van der Waals surface area contributed by atoms with E-state index in [0.717, 1.165) is 23.0 Å². The Labute approximate surface area is 147 Å². The molecule has 1 saturated heterocycles. The molecule has 1 aliphatic rings. The zero-order chi connectivity index (χ0) is 17.2. The first-order chi connectivity index (χ1) is 12.3. The van der Waals surface area contributed by atoms with Crippen molar-refractivity contribution < 1.29 is 10.2 Å². The third-order valence-corrected chi connectivity index (χ3v) is 5.17. The Kier molecular flexibility index (Phi) is 4.49. The van der Waals surface area contributed by atoms with Crippen molar-refractivity contribution in [3.8, 4) is 0 Å². The smallest absolute Gasteiger partial charge is 0.0798 e. The number of aromatic nitrogens is 1. The average Bonchev–Trinajstić information content (AvgIpc) is 2.97. The first kappa shape index (κ1) is 16.2. The summed E-state index contributed by atoms with van der Waals surface area (Å²) < 4.78 is 0. The minimum atomic E-state index is -0.561. The van der Waals surface area contributed by atoms with Crippen LogP contribution in [0, 0.1) is 0 Å². The molecule has 0 spiro atoms. The van der Waals surface area contributed by atoms with Crippen molar-refractivity contribution in [2.24, 2.45) is 0 Å². The standard InChI is InChI=1S/C21H22N2O2/c24-14-20-21(25)18(16-5-2-1-3-6-16)13-23(20)12-15-8-9-19-17(11-15)7-4-10-22-19/h1-11,18,20-21,24-25H,12-14H2/t18-,20-,21-/m1/s1. The van der Waals surface area contributed by atoms with Crippen LogP contribution in [0.15, 0.2) is 66.9 Å². The van der Waals surface area contributed by atoms with Crippen LogP contribution in [0.25, 0.3) is 10.9 Å². The maximum atomic E-state index is 10.7. The first-order valence-corrected chi connectivity index (χ1v) is 8.68. The van der Waals surface area contributed by atoms with E-state index < -0.39 is 6.10 Å². The lowest BCUT2D eigenvalue weighted by atomic mass is 9.94. The number of hydrogen-bond acceptors (Lipinski definition) is 4. The lowest BCUT2D eigenvalue weighted by molar-refractivity contribution is 0.0641. The van der Waals surface area contributed by atoms with Crippen molar-refractivity contribution in [2.75, 3.05) is 13.2 Å². The van der Waals surface area contributed by atoms with Gasteiger partial charge in [0.05, 0.1) is 24.3 Å². The Morgan fingerprint density at radius 2 is 1.88 bits per heavy atom. The van der Waals surface area contributed by atoms with Crippen molar-refractivity contribution in [2.45, 2.75) is 24.6 Å². The molecule has 0 saturated carbocycles. The Morgan fingerprint density at radius 3 is 2.68 bits per heavy atom. The van der Waals surface area contributed by atoms with Crippen molar-refractivity contribution >= 4 is 10.9 Å². The van der Waals surface area contributed by atoms with Gasteiger partial charge in [-0.05, 0) is 29.3 Å². The summed E-state index contributed by atoms with van der Waals surface area (Å²) in [4.78, 5) is 6.54. The number of hydrogen-bond donors (Lipinski definition) is 2. The van der Waals surface area contributed by atoms with E-state index in [4.69, 9.17) is 0 Å².